The third kappa shape index (κ3) is 5.04. The summed E-state index contributed by atoms with van der Waals surface area (Å²) in [5, 5.41) is 0. The standard InChI is InChI=1S/C12H23F4N3O2S/c1-3-4-5-17(2)22(20,21)19-8-6-18(7-9-19)10-12(15,16)11(13)14/h11H,3-10H2,1-2H3. The highest BCUT2D eigenvalue weighted by molar-refractivity contribution is 7.86. The summed E-state index contributed by atoms with van der Waals surface area (Å²) >= 11 is 0. The number of halogens is 4. The van der Waals surface area contributed by atoms with E-state index in [0.29, 0.717) is 6.54 Å². The maximum Gasteiger partial charge on any atom is 0.319 e. The van der Waals surface area contributed by atoms with E-state index in [9.17, 15) is 26.0 Å². The topological polar surface area (TPSA) is 43.9 Å². The van der Waals surface area contributed by atoms with Gasteiger partial charge < -0.3 is 0 Å². The smallest absolute Gasteiger partial charge is 0.295 e. The number of rotatable bonds is 8. The summed E-state index contributed by atoms with van der Waals surface area (Å²) in [6.45, 7) is 1.37. The zero-order valence-corrected chi connectivity index (χ0v) is 13.6. The van der Waals surface area contributed by atoms with Gasteiger partial charge in [0.1, 0.15) is 0 Å². The third-order valence-corrected chi connectivity index (χ3v) is 5.62. The molecule has 0 bridgehead atoms. The van der Waals surface area contributed by atoms with E-state index in [4.69, 9.17) is 0 Å². The molecule has 132 valence electrons. The molecule has 0 aromatic rings. The van der Waals surface area contributed by atoms with Gasteiger partial charge in [0, 0.05) is 39.8 Å². The molecule has 0 unspecified atom stereocenters. The third-order valence-electron chi connectivity index (χ3n) is 3.63. The minimum Gasteiger partial charge on any atom is -0.295 e. The minimum absolute atomic E-state index is 0.0170. The molecular weight excluding hydrogens is 326 g/mol. The van der Waals surface area contributed by atoms with Crippen molar-refractivity contribution < 1.29 is 26.0 Å². The molecular formula is C12H23F4N3O2S. The molecule has 0 spiro atoms. The summed E-state index contributed by atoms with van der Waals surface area (Å²) < 4.78 is 77.3. The van der Waals surface area contributed by atoms with Crippen LogP contribution >= 0.6 is 0 Å². The summed E-state index contributed by atoms with van der Waals surface area (Å²) in [6.07, 6.45) is -2.12. The summed E-state index contributed by atoms with van der Waals surface area (Å²) in [5.41, 5.74) is 0. The van der Waals surface area contributed by atoms with Crippen LogP contribution in [0.5, 0.6) is 0 Å². The molecule has 1 fully saturated rings. The fourth-order valence-corrected chi connectivity index (χ4v) is 3.56. The number of alkyl halides is 4. The Morgan fingerprint density at radius 3 is 2.18 bits per heavy atom. The number of hydrogen-bond donors (Lipinski definition) is 0. The average Bonchev–Trinajstić information content (AvgIpc) is 2.44. The van der Waals surface area contributed by atoms with Crippen molar-refractivity contribution in [2.75, 3.05) is 46.3 Å². The van der Waals surface area contributed by atoms with Gasteiger partial charge >= 0.3 is 12.3 Å². The van der Waals surface area contributed by atoms with Crippen LogP contribution < -0.4 is 0 Å². The SMILES string of the molecule is CCCCN(C)S(=O)(=O)N1CCN(CC(F)(F)C(F)F)CC1. The van der Waals surface area contributed by atoms with Crippen molar-refractivity contribution in [3.8, 4) is 0 Å². The number of hydrogen-bond acceptors (Lipinski definition) is 3. The minimum atomic E-state index is -4.07. The Morgan fingerprint density at radius 1 is 1.18 bits per heavy atom. The number of nitrogens with zero attached hydrogens (tertiary/aromatic N) is 3. The Hall–Kier alpha value is -0.450. The summed E-state index contributed by atoms with van der Waals surface area (Å²) in [6, 6.07) is 0. The second-order valence-corrected chi connectivity index (χ2v) is 7.46. The van der Waals surface area contributed by atoms with E-state index < -0.39 is 29.1 Å². The average molecular weight is 349 g/mol. The normalized spacial score (nSPS) is 19.3. The van der Waals surface area contributed by atoms with Gasteiger partial charge in [-0.05, 0) is 6.42 Å². The lowest BCUT2D eigenvalue weighted by Gasteiger charge is -2.36. The number of unbranched alkanes of at least 4 members (excludes halogenated alkanes) is 1. The first-order valence-corrected chi connectivity index (χ1v) is 8.60. The molecule has 1 heterocycles. The van der Waals surface area contributed by atoms with Crippen molar-refractivity contribution in [2.24, 2.45) is 0 Å². The molecule has 0 aromatic carbocycles. The van der Waals surface area contributed by atoms with E-state index in [1.54, 1.807) is 0 Å². The molecule has 0 N–H and O–H groups in total. The quantitative estimate of drug-likeness (QED) is 0.624. The van der Waals surface area contributed by atoms with E-state index in [-0.39, 0.29) is 26.2 Å². The van der Waals surface area contributed by atoms with Crippen molar-refractivity contribution in [1.29, 1.82) is 0 Å². The molecule has 1 rings (SSSR count). The Kier molecular flexibility index (Phi) is 7.03. The molecule has 0 aromatic heterocycles. The highest BCUT2D eigenvalue weighted by Crippen LogP contribution is 2.24. The molecule has 22 heavy (non-hydrogen) atoms. The van der Waals surface area contributed by atoms with Crippen LogP contribution in [0.1, 0.15) is 19.8 Å². The van der Waals surface area contributed by atoms with Crippen LogP contribution in [0.4, 0.5) is 17.6 Å². The molecule has 0 saturated carbocycles. The van der Waals surface area contributed by atoms with Crippen LogP contribution in [0.3, 0.4) is 0 Å². The molecule has 0 radical (unpaired) electrons. The van der Waals surface area contributed by atoms with E-state index in [1.165, 1.54) is 20.6 Å². The van der Waals surface area contributed by atoms with Gasteiger partial charge in [0.25, 0.3) is 10.2 Å². The second kappa shape index (κ2) is 7.89. The van der Waals surface area contributed by atoms with Crippen LogP contribution in [0.2, 0.25) is 0 Å². The Bertz CT molecular complexity index is 440. The highest BCUT2D eigenvalue weighted by Gasteiger charge is 2.43. The lowest BCUT2D eigenvalue weighted by atomic mass is 10.3. The van der Waals surface area contributed by atoms with Gasteiger partial charge in [-0.2, -0.15) is 25.8 Å². The lowest BCUT2D eigenvalue weighted by Crippen LogP contribution is -2.55. The maximum atomic E-state index is 13.0. The Balaban J connectivity index is 2.54. The van der Waals surface area contributed by atoms with E-state index in [0.717, 1.165) is 12.8 Å². The van der Waals surface area contributed by atoms with Crippen molar-refractivity contribution >= 4 is 10.2 Å². The first-order valence-electron chi connectivity index (χ1n) is 7.21. The van der Waals surface area contributed by atoms with Crippen molar-refractivity contribution in [1.82, 2.24) is 13.5 Å². The Labute approximate surface area is 129 Å². The first-order chi connectivity index (χ1) is 10.1. The highest BCUT2D eigenvalue weighted by atomic mass is 32.2. The van der Waals surface area contributed by atoms with Gasteiger partial charge in [0.2, 0.25) is 0 Å². The van der Waals surface area contributed by atoms with E-state index >= 15 is 0 Å². The summed E-state index contributed by atoms with van der Waals surface area (Å²) in [4.78, 5) is 1.17. The van der Waals surface area contributed by atoms with Gasteiger partial charge in [0.05, 0.1) is 6.54 Å². The van der Waals surface area contributed by atoms with Gasteiger partial charge in [-0.15, -0.1) is 0 Å². The van der Waals surface area contributed by atoms with Crippen LogP contribution in [0, 0.1) is 0 Å². The van der Waals surface area contributed by atoms with Crippen molar-refractivity contribution in [3.63, 3.8) is 0 Å². The molecule has 0 aliphatic carbocycles. The molecule has 1 aliphatic heterocycles. The van der Waals surface area contributed by atoms with Crippen LogP contribution in [-0.2, 0) is 10.2 Å². The molecule has 0 amide bonds. The van der Waals surface area contributed by atoms with Crippen LogP contribution in [-0.4, -0.2) is 80.6 Å². The van der Waals surface area contributed by atoms with Crippen molar-refractivity contribution in [3.05, 3.63) is 0 Å². The lowest BCUT2D eigenvalue weighted by molar-refractivity contribution is -0.144. The zero-order valence-electron chi connectivity index (χ0n) is 12.8. The summed E-state index contributed by atoms with van der Waals surface area (Å²) in [5.74, 6) is -4.07. The van der Waals surface area contributed by atoms with E-state index in [1.807, 2.05) is 6.92 Å². The predicted molar refractivity (Wildman–Crippen MR) is 75.4 cm³/mol. The van der Waals surface area contributed by atoms with Crippen molar-refractivity contribution in [2.45, 2.75) is 32.1 Å². The molecule has 1 saturated heterocycles. The van der Waals surface area contributed by atoms with Gasteiger partial charge in [0.15, 0.2) is 0 Å². The fourth-order valence-electron chi connectivity index (χ4n) is 2.18. The number of piperazine rings is 1. The monoisotopic (exact) mass is 349 g/mol. The van der Waals surface area contributed by atoms with E-state index in [2.05, 4.69) is 0 Å². The zero-order chi connectivity index (χ0) is 17.0. The van der Waals surface area contributed by atoms with Gasteiger partial charge in [-0.1, -0.05) is 13.3 Å². The maximum absolute atomic E-state index is 13.0. The van der Waals surface area contributed by atoms with Crippen LogP contribution in [0.15, 0.2) is 0 Å². The fraction of sp³-hybridized carbons (Fsp3) is 1.00. The Morgan fingerprint density at radius 2 is 1.73 bits per heavy atom. The first kappa shape index (κ1) is 19.6. The predicted octanol–water partition coefficient (Wildman–Crippen LogP) is 1.48. The molecule has 10 heteroatoms. The van der Waals surface area contributed by atoms with Gasteiger partial charge in [-0.25, -0.2) is 8.78 Å². The van der Waals surface area contributed by atoms with Gasteiger partial charge in [-0.3, -0.25) is 4.90 Å². The second-order valence-electron chi connectivity index (χ2n) is 5.42. The summed E-state index contributed by atoms with van der Waals surface area (Å²) in [7, 11) is -2.14. The molecule has 0 atom stereocenters. The van der Waals surface area contributed by atoms with Crippen LogP contribution in [0.25, 0.3) is 0 Å². The molecule has 1 aliphatic rings. The molecule has 5 nitrogen and oxygen atoms in total. The largest absolute Gasteiger partial charge is 0.319 e.